The van der Waals surface area contributed by atoms with Crippen LogP contribution in [0.15, 0.2) is 0 Å². The zero-order chi connectivity index (χ0) is 31.4. The molecule has 6 N–H and O–H groups in total. The Balaban J connectivity index is 4.90. The Morgan fingerprint density at radius 2 is 0.700 bits per heavy atom. The van der Waals surface area contributed by atoms with Crippen LogP contribution >= 0.6 is 0 Å². The lowest BCUT2D eigenvalue weighted by molar-refractivity contribution is 0.0366. The van der Waals surface area contributed by atoms with Crippen molar-refractivity contribution in [3.8, 4) is 0 Å². The average molecular weight is 574 g/mol. The Morgan fingerprint density at radius 1 is 0.450 bits per heavy atom. The van der Waals surface area contributed by atoms with Crippen molar-refractivity contribution in [2.24, 2.45) is 22.0 Å². The fourth-order valence-corrected chi connectivity index (χ4v) is 5.72. The van der Waals surface area contributed by atoms with Crippen LogP contribution in [0.5, 0.6) is 0 Å². The lowest BCUT2D eigenvalue weighted by Gasteiger charge is -2.32. The first-order valence-electron chi connectivity index (χ1n) is 15.9. The normalized spacial score (nSPS) is 16.9. The van der Waals surface area contributed by atoms with Gasteiger partial charge in [0.15, 0.2) is 0 Å². The molecule has 0 radical (unpaired) electrons. The fraction of sp³-hybridized carbons (Fsp3) is 1.00. The molecule has 0 aromatic heterocycles. The fourth-order valence-electron chi connectivity index (χ4n) is 5.72. The van der Waals surface area contributed by atoms with Gasteiger partial charge in [0, 0.05) is 31.7 Å². The third-order valence-corrected chi connectivity index (χ3v) is 6.88. The molecule has 0 saturated carbocycles. The van der Waals surface area contributed by atoms with Crippen molar-refractivity contribution >= 4 is 0 Å². The standard InChI is InChI=1S/C33H71N3O4/c1-30(2,3)18-26(37)22-35(23-27(38)19-31(4,5)6)16-14-12-13-15-17-36(24-28(39)20-32(7,8)9)25-29(40)21-33(10,11)34/h26-29,37-40H,12-25,34H2,1-11H3. The van der Waals surface area contributed by atoms with E-state index < -0.39 is 30.0 Å². The van der Waals surface area contributed by atoms with Gasteiger partial charge in [-0.15, -0.1) is 0 Å². The van der Waals surface area contributed by atoms with E-state index in [1.54, 1.807) is 0 Å². The molecule has 0 aromatic carbocycles. The van der Waals surface area contributed by atoms with Gasteiger partial charge in [0.25, 0.3) is 0 Å². The molecule has 0 rings (SSSR count). The molecule has 242 valence electrons. The smallest absolute Gasteiger partial charge is 0.0684 e. The van der Waals surface area contributed by atoms with E-state index in [-0.39, 0.29) is 16.2 Å². The van der Waals surface area contributed by atoms with Gasteiger partial charge in [-0.2, -0.15) is 0 Å². The molecular weight excluding hydrogens is 502 g/mol. The summed E-state index contributed by atoms with van der Waals surface area (Å²) >= 11 is 0. The quantitative estimate of drug-likeness (QED) is 0.130. The molecule has 4 atom stereocenters. The molecule has 0 bridgehead atoms. The zero-order valence-corrected chi connectivity index (χ0v) is 28.5. The molecule has 0 aliphatic heterocycles. The maximum atomic E-state index is 10.7. The predicted molar refractivity (Wildman–Crippen MR) is 170 cm³/mol. The van der Waals surface area contributed by atoms with Crippen LogP contribution in [-0.2, 0) is 0 Å². The highest BCUT2D eigenvalue weighted by Crippen LogP contribution is 2.24. The van der Waals surface area contributed by atoms with Crippen LogP contribution in [0.4, 0.5) is 0 Å². The zero-order valence-electron chi connectivity index (χ0n) is 28.5. The topological polar surface area (TPSA) is 113 Å². The van der Waals surface area contributed by atoms with Crippen molar-refractivity contribution in [2.75, 3.05) is 39.3 Å². The molecule has 0 amide bonds. The molecule has 4 unspecified atom stereocenters. The largest absolute Gasteiger partial charge is 0.392 e. The molecule has 0 aliphatic rings. The van der Waals surface area contributed by atoms with E-state index in [2.05, 4.69) is 72.1 Å². The summed E-state index contributed by atoms with van der Waals surface area (Å²) < 4.78 is 0. The first kappa shape index (κ1) is 39.7. The number of nitrogens with zero attached hydrogens (tertiary/aromatic N) is 2. The summed E-state index contributed by atoms with van der Waals surface area (Å²) in [6.45, 7) is 27.1. The van der Waals surface area contributed by atoms with Crippen molar-refractivity contribution in [1.82, 2.24) is 9.80 Å². The number of rotatable bonds is 20. The van der Waals surface area contributed by atoms with Gasteiger partial charge in [-0.3, -0.25) is 9.80 Å². The second-order valence-electron chi connectivity index (χ2n) is 17.0. The number of hydrogen-bond acceptors (Lipinski definition) is 7. The Labute approximate surface area is 248 Å². The van der Waals surface area contributed by atoms with Crippen LogP contribution in [0, 0.1) is 16.2 Å². The van der Waals surface area contributed by atoms with Gasteiger partial charge >= 0.3 is 0 Å². The van der Waals surface area contributed by atoms with Crippen LogP contribution in [0.3, 0.4) is 0 Å². The summed E-state index contributed by atoms with van der Waals surface area (Å²) in [5.74, 6) is 0. The van der Waals surface area contributed by atoms with E-state index in [1.165, 1.54) is 0 Å². The summed E-state index contributed by atoms with van der Waals surface area (Å²) in [6, 6.07) is 0. The van der Waals surface area contributed by atoms with Gasteiger partial charge in [-0.05, 0) is 81.7 Å². The first-order chi connectivity index (χ1) is 17.9. The third-order valence-electron chi connectivity index (χ3n) is 6.88. The predicted octanol–water partition coefficient (Wildman–Crippen LogP) is 5.03. The lowest BCUT2D eigenvalue weighted by atomic mass is 9.88. The molecule has 7 nitrogen and oxygen atoms in total. The third kappa shape index (κ3) is 25.4. The van der Waals surface area contributed by atoms with E-state index in [0.717, 1.165) is 58.0 Å². The van der Waals surface area contributed by atoms with Gasteiger partial charge in [0.1, 0.15) is 0 Å². The molecule has 0 heterocycles. The molecule has 7 heteroatoms. The second kappa shape index (κ2) is 17.7. The van der Waals surface area contributed by atoms with Crippen molar-refractivity contribution in [1.29, 1.82) is 0 Å². The monoisotopic (exact) mass is 574 g/mol. The van der Waals surface area contributed by atoms with Crippen molar-refractivity contribution in [2.45, 2.75) is 157 Å². The summed E-state index contributed by atoms with van der Waals surface area (Å²) in [6.07, 6.45) is 5.12. The minimum Gasteiger partial charge on any atom is -0.392 e. The summed E-state index contributed by atoms with van der Waals surface area (Å²) in [5.41, 5.74) is 5.88. The highest BCUT2D eigenvalue weighted by molar-refractivity contribution is 4.80. The Morgan fingerprint density at radius 3 is 0.925 bits per heavy atom. The van der Waals surface area contributed by atoms with Crippen LogP contribution in [0.2, 0.25) is 0 Å². The van der Waals surface area contributed by atoms with Crippen LogP contribution in [0.25, 0.3) is 0 Å². The summed E-state index contributed by atoms with van der Waals surface area (Å²) in [5, 5.41) is 42.8. The number of hydrogen-bond donors (Lipinski definition) is 5. The first-order valence-corrected chi connectivity index (χ1v) is 15.9. The lowest BCUT2D eigenvalue weighted by Crippen LogP contribution is -2.43. The Kier molecular flexibility index (Phi) is 17.6. The van der Waals surface area contributed by atoms with Crippen LogP contribution in [-0.4, -0.2) is 99.4 Å². The van der Waals surface area contributed by atoms with E-state index in [1.807, 2.05) is 13.8 Å². The number of nitrogens with two attached hydrogens (primary N) is 1. The van der Waals surface area contributed by atoms with Crippen molar-refractivity contribution in [3.63, 3.8) is 0 Å². The minimum absolute atomic E-state index is 0.0513. The van der Waals surface area contributed by atoms with E-state index in [0.29, 0.717) is 32.6 Å². The van der Waals surface area contributed by atoms with E-state index in [9.17, 15) is 20.4 Å². The van der Waals surface area contributed by atoms with Gasteiger partial charge in [-0.25, -0.2) is 0 Å². The molecule has 0 fully saturated rings. The van der Waals surface area contributed by atoms with Gasteiger partial charge in [0.2, 0.25) is 0 Å². The summed E-state index contributed by atoms with van der Waals surface area (Å²) in [4.78, 5) is 4.44. The minimum atomic E-state index is -0.519. The van der Waals surface area contributed by atoms with Crippen LogP contribution < -0.4 is 5.73 Å². The number of aliphatic hydroxyl groups is 4. The molecular formula is C33H71N3O4. The molecule has 40 heavy (non-hydrogen) atoms. The average Bonchev–Trinajstić information content (AvgIpc) is 2.64. The second-order valence-corrected chi connectivity index (χ2v) is 17.0. The van der Waals surface area contributed by atoms with E-state index in [4.69, 9.17) is 5.73 Å². The van der Waals surface area contributed by atoms with Gasteiger partial charge in [-0.1, -0.05) is 75.2 Å². The molecule has 0 saturated heterocycles. The maximum absolute atomic E-state index is 10.7. The number of unbranched alkanes of at least 4 members (excludes halogenated alkanes) is 3. The van der Waals surface area contributed by atoms with Crippen LogP contribution in [0.1, 0.15) is 128 Å². The summed E-state index contributed by atoms with van der Waals surface area (Å²) in [7, 11) is 0. The van der Waals surface area contributed by atoms with Crippen molar-refractivity contribution < 1.29 is 20.4 Å². The Hall–Kier alpha value is -0.280. The SMILES string of the molecule is CC(C)(C)CC(O)CN(CCCCCCN(CC(O)CC(C)(C)C)CC(O)CC(C)(C)N)CC(O)CC(C)(C)C. The highest BCUT2D eigenvalue weighted by atomic mass is 16.3. The van der Waals surface area contributed by atoms with Gasteiger partial charge in [0.05, 0.1) is 24.4 Å². The maximum Gasteiger partial charge on any atom is 0.0684 e. The molecule has 0 spiro atoms. The number of aliphatic hydroxyl groups excluding tert-OH is 4. The molecule has 0 aliphatic carbocycles. The van der Waals surface area contributed by atoms with Gasteiger partial charge < -0.3 is 26.2 Å². The Bertz CT molecular complexity index is 542. The highest BCUT2D eigenvalue weighted by Gasteiger charge is 2.25. The molecule has 0 aromatic rings. The van der Waals surface area contributed by atoms with E-state index >= 15 is 0 Å². The van der Waals surface area contributed by atoms with Crippen molar-refractivity contribution in [3.05, 3.63) is 0 Å².